The standard InChI is InChI=1S/2C8H10O.C5H4O.2ClH.Ti/c2*1-6-3-4-8(9)7(2)5-6;1-5-3-2-4-6-5;;;/h2*3-5,9H,1-2H3;1-4H;2*1H;/q;;;;;+2/p-2. The van der Waals surface area contributed by atoms with Crippen LogP contribution in [0.4, 0.5) is 0 Å². The van der Waals surface area contributed by atoms with Crippen LogP contribution in [0.1, 0.15) is 28.0 Å². The summed E-state index contributed by atoms with van der Waals surface area (Å²) in [4.78, 5) is 0. The van der Waals surface area contributed by atoms with Crippen LogP contribution in [0.5, 0.6) is 11.5 Å². The Hall–Kier alpha value is -1.52. The van der Waals surface area contributed by atoms with Crippen molar-refractivity contribution in [2.75, 3.05) is 0 Å². The van der Waals surface area contributed by atoms with Gasteiger partial charge in [-0.25, -0.2) is 0 Å². The van der Waals surface area contributed by atoms with Crippen molar-refractivity contribution in [3.63, 3.8) is 0 Å². The van der Waals surface area contributed by atoms with Gasteiger partial charge in [0.2, 0.25) is 0 Å². The van der Waals surface area contributed by atoms with Crippen molar-refractivity contribution in [1.82, 2.24) is 0 Å². The van der Waals surface area contributed by atoms with Gasteiger partial charge in [-0.3, -0.25) is 0 Å². The van der Waals surface area contributed by atoms with Crippen LogP contribution in [0.25, 0.3) is 0 Å². The van der Waals surface area contributed by atoms with E-state index >= 15 is 0 Å². The van der Waals surface area contributed by atoms with E-state index in [2.05, 4.69) is 52.0 Å². The van der Waals surface area contributed by atoms with E-state index in [0.717, 1.165) is 28.4 Å². The van der Waals surface area contributed by atoms with Crippen LogP contribution in [-0.4, -0.2) is 4.31 Å². The van der Waals surface area contributed by atoms with Crippen LogP contribution in [0.3, 0.4) is 0 Å². The number of hydrogen-bond acceptors (Lipinski definition) is 3. The third-order valence-electron chi connectivity index (χ3n) is 3.89. The molecule has 0 saturated carbocycles. The van der Waals surface area contributed by atoms with Crippen LogP contribution in [0.15, 0.2) is 59.2 Å². The summed E-state index contributed by atoms with van der Waals surface area (Å²) in [5, 5.41) is 0. The summed E-state index contributed by atoms with van der Waals surface area (Å²) in [6.45, 7) is 8.27. The first kappa shape index (κ1) is 23.5. The van der Waals surface area contributed by atoms with Gasteiger partial charge in [0.05, 0.1) is 0 Å². The van der Waals surface area contributed by atoms with E-state index in [-0.39, 0.29) is 24.8 Å². The molecule has 0 aliphatic rings. The third kappa shape index (κ3) is 6.55. The molecule has 1 heterocycles. The van der Waals surface area contributed by atoms with Crippen LogP contribution in [-0.2, 0) is 18.2 Å². The van der Waals surface area contributed by atoms with Crippen molar-refractivity contribution in [1.29, 1.82) is 0 Å². The van der Waals surface area contributed by atoms with Gasteiger partial charge in [0.1, 0.15) is 0 Å². The van der Waals surface area contributed by atoms with Crippen molar-refractivity contribution in [2.24, 2.45) is 0 Å². The Morgan fingerprint density at radius 1 is 0.778 bits per heavy atom. The van der Waals surface area contributed by atoms with Crippen LogP contribution < -0.4 is 6.64 Å². The van der Waals surface area contributed by atoms with Gasteiger partial charge in [0.25, 0.3) is 0 Å². The predicted octanol–water partition coefficient (Wildman–Crippen LogP) is 6.11. The van der Waals surface area contributed by atoms with E-state index in [9.17, 15) is 0 Å². The molecule has 3 aromatic rings. The Bertz CT molecular complexity index is 850. The maximum atomic E-state index is 6.29. The fourth-order valence-electron chi connectivity index (χ4n) is 2.61. The van der Waals surface area contributed by atoms with Crippen LogP contribution in [0.2, 0.25) is 0 Å². The number of furan rings is 1. The van der Waals surface area contributed by atoms with Gasteiger partial charge < -0.3 is 0 Å². The molecule has 0 spiro atoms. The minimum Gasteiger partial charge on any atom is -0.147 e. The predicted molar refractivity (Wildman–Crippen MR) is 111 cm³/mol. The smallest absolute Gasteiger partial charge is 0.147 e. The van der Waals surface area contributed by atoms with Crippen molar-refractivity contribution in [2.45, 2.75) is 27.7 Å². The second-order valence-electron chi connectivity index (χ2n) is 6.22. The fourth-order valence-corrected chi connectivity index (χ4v) is 4.87. The van der Waals surface area contributed by atoms with Gasteiger partial charge >= 0.3 is 156 Å². The first-order valence-electron chi connectivity index (χ1n) is 8.27. The van der Waals surface area contributed by atoms with Crippen LogP contribution in [0, 0.1) is 27.7 Å². The molecular weight excluding hydrogens is 419 g/mol. The molecule has 0 N–H and O–H groups in total. The molecular formula is C21H24Cl2O3Ti. The largest absolute Gasteiger partial charge is 0.147 e. The zero-order valence-electron chi connectivity index (χ0n) is 15.8. The molecule has 3 rings (SSSR count). The molecule has 0 fully saturated rings. The van der Waals surface area contributed by atoms with Crippen LogP contribution >= 0.6 is 24.8 Å². The Labute approximate surface area is 179 Å². The number of benzene rings is 2. The Morgan fingerprint density at radius 3 is 1.70 bits per heavy atom. The molecule has 0 amide bonds. The molecule has 3 nitrogen and oxygen atoms in total. The number of aryl methyl sites for hydroxylation is 4. The molecule has 0 bridgehead atoms. The van der Waals surface area contributed by atoms with E-state index < -0.39 is 18.2 Å². The van der Waals surface area contributed by atoms with E-state index in [1.54, 1.807) is 6.26 Å². The SMILES string of the molecule is Cc1ccc([O][Ti](=[CH]c2ccco2)[O]c2ccc(C)cc2C)c(C)c1.Cl.Cl. The fraction of sp³-hybridized carbons (Fsp3) is 0.190. The summed E-state index contributed by atoms with van der Waals surface area (Å²) in [5.41, 5.74) is 4.66. The quantitative estimate of drug-likeness (QED) is 0.446. The van der Waals surface area contributed by atoms with E-state index in [0.29, 0.717) is 0 Å². The molecule has 0 atom stereocenters. The summed E-state index contributed by atoms with van der Waals surface area (Å²) in [7, 11) is 0. The van der Waals surface area contributed by atoms with Crippen molar-refractivity contribution in [3.05, 3.63) is 82.8 Å². The first-order valence-corrected chi connectivity index (χ1v) is 10.4. The average Bonchev–Trinajstić information content (AvgIpc) is 3.05. The third-order valence-corrected chi connectivity index (χ3v) is 6.01. The molecule has 144 valence electrons. The zero-order chi connectivity index (χ0) is 17.8. The molecule has 0 aliphatic carbocycles. The summed E-state index contributed by atoms with van der Waals surface area (Å²) >= 11 is -2.51. The van der Waals surface area contributed by atoms with Crippen molar-refractivity contribution in [3.8, 4) is 11.5 Å². The average molecular weight is 443 g/mol. The van der Waals surface area contributed by atoms with Gasteiger partial charge in [-0.2, -0.15) is 0 Å². The van der Waals surface area contributed by atoms with Gasteiger partial charge in [-0.1, -0.05) is 0 Å². The van der Waals surface area contributed by atoms with Gasteiger partial charge in [0.15, 0.2) is 0 Å². The monoisotopic (exact) mass is 442 g/mol. The molecule has 1 aromatic heterocycles. The van der Waals surface area contributed by atoms with E-state index in [1.165, 1.54) is 11.1 Å². The molecule has 0 radical (unpaired) electrons. The minimum absolute atomic E-state index is 0. The molecule has 0 saturated heterocycles. The molecule has 0 unspecified atom stereocenters. The molecule has 6 heteroatoms. The Morgan fingerprint density at radius 2 is 1.30 bits per heavy atom. The normalized spacial score (nSPS) is 9.63. The summed E-state index contributed by atoms with van der Waals surface area (Å²) < 4.78 is 20.0. The minimum atomic E-state index is -2.51. The van der Waals surface area contributed by atoms with Crippen molar-refractivity contribution < 1.29 is 29.2 Å². The summed E-state index contributed by atoms with van der Waals surface area (Å²) in [5.74, 6) is 2.52. The topological polar surface area (TPSA) is 31.6 Å². The maximum absolute atomic E-state index is 6.29. The Balaban J connectivity index is 0.00000182. The summed E-state index contributed by atoms with van der Waals surface area (Å²) in [6.07, 6.45) is 1.66. The van der Waals surface area contributed by atoms with Crippen molar-refractivity contribution >= 4 is 29.1 Å². The number of rotatable bonds is 5. The second kappa shape index (κ2) is 10.7. The first-order chi connectivity index (χ1) is 12.0. The molecule has 27 heavy (non-hydrogen) atoms. The maximum Gasteiger partial charge on any atom is -0.147 e. The number of halogens is 2. The van der Waals surface area contributed by atoms with Gasteiger partial charge in [-0.05, 0) is 0 Å². The molecule has 2 aromatic carbocycles. The summed E-state index contributed by atoms with van der Waals surface area (Å²) in [6, 6.07) is 16.2. The van der Waals surface area contributed by atoms with E-state index in [1.807, 2.05) is 28.6 Å². The van der Waals surface area contributed by atoms with Gasteiger partial charge in [0, 0.05) is 0 Å². The second-order valence-corrected chi connectivity index (χ2v) is 8.31. The van der Waals surface area contributed by atoms with Gasteiger partial charge in [-0.15, -0.1) is 24.8 Å². The van der Waals surface area contributed by atoms with E-state index in [4.69, 9.17) is 11.1 Å². The zero-order valence-corrected chi connectivity index (χ0v) is 19.0. The number of hydrogen-bond donors (Lipinski definition) is 0. The Kier molecular flexibility index (Phi) is 9.34. The molecule has 0 aliphatic heterocycles.